The number of H-pyrrole nitrogens is 1. The molecule has 0 bridgehead atoms. The number of nitrogens with one attached hydrogen (secondary N) is 1. The smallest absolute Gasteiger partial charge is 0.335 e. The van der Waals surface area contributed by atoms with Gasteiger partial charge in [-0.15, -0.1) is 0 Å². The Bertz CT molecular complexity index is 622. The van der Waals surface area contributed by atoms with Crippen LogP contribution in [0.4, 0.5) is 0 Å². The van der Waals surface area contributed by atoms with E-state index in [-0.39, 0.29) is 17.5 Å². The highest BCUT2D eigenvalue weighted by molar-refractivity contribution is 5.87. The summed E-state index contributed by atoms with van der Waals surface area (Å²) in [6.45, 7) is 3.73. The second kappa shape index (κ2) is 6.17. The van der Waals surface area contributed by atoms with Crippen LogP contribution in [-0.4, -0.2) is 37.3 Å². The Morgan fingerprint density at radius 3 is 2.48 bits per heavy atom. The third-order valence-corrected chi connectivity index (χ3v) is 3.29. The first-order chi connectivity index (χ1) is 9.99. The van der Waals surface area contributed by atoms with E-state index in [1.165, 1.54) is 19.1 Å². The lowest BCUT2D eigenvalue weighted by molar-refractivity contribution is -0.131. The van der Waals surface area contributed by atoms with Crippen LogP contribution in [-0.2, 0) is 11.3 Å². The van der Waals surface area contributed by atoms with Gasteiger partial charge in [-0.25, -0.2) is 4.79 Å². The lowest BCUT2D eigenvalue weighted by atomic mass is 10.1. The van der Waals surface area contributed by atoms with E-state index in [4.69, 9.17) is 5.11 Å². The number of carboxylic acids is 1. The fourth-order valence-electron chi connectivity index (χ4n) is 2.04. The Balaban J connectivity index is 2.16. The molecule has 1 unspecified atom stereocenters. The van der Waals surface area contributed by atoms with Gasteiger partial charge in [0.2, 0.25) is 5.91 Å². The van der Waals surface area contributed by atoms with E-state index in [9.17, 15) is 9.59 Å². The quantitative estimate of drug-likeness (QED) is 0.870. The Morgan fingerprint density at radius 1 is 1.33 bits per heavy atom. The molecule has 110 valence electrons. The van der Waals surface area contributed by atoms with E-state index in [2.05, 4.69) is 15.4 Å². The highest BCUT2D eigenvalue weighted by atomic mass is 16.4. The molecule has 1 atom stereocenters. The van der Waals surface area contributed by atoms with Gasteiger partial charge in [0.25, 0.3) is 0 Å². The summed E-state index contributed by atoms with van der Waals surface area (Å²) in [7, 11) is 0. The molecule has 2 N–H and O–H groups in total. The van der Waals surface area contributed by atoms with Gasteiger partial charge >= 0.3 is 5.97 Å². The third-order valence-electron chi connectivity index (χ3n) is 3.29. The summed E-state index contributed by atoms with van der Waals surface area (Å²) in [4.78, 5) is 24.3. The maximum Gasteiger partial charge on any atom is 0.335 e. The van der Waals surface area contributed by atoms with Crippen LogP contribution in [0.25, 0.3) is 0 Å². The van der Waals surface area contributed by atoms with Crippen LogP contribution in [0.3, 0.4) is 0 Å². The maximum atomic E-state index is 11.8. The summed E-state index contributed by atoms with van der Waals surface area (Å²) in [6, 6.07) is 6.23. The minimum atomic E-state index is -0.971. The molecule has 0 saturated heterocycles. The van der Waals surface area contributed by atoms with Crippen LogP contribution in [0.1, 0.15) is 41.5 Å². The summed E-state index contributed by atoms with van der Waals surface area (Å²) in [5, 5.41) is 19.1. The average molecular weight is 288 g/mol. The van der Waals surface area contributed by atoms with E-state index in [0.29, 0.717) is 12.2 Å². The number of carbonyl (C=O) groups excluding carboxylic acids is 1. The zero-order chi connectivity index (χ0) is 15.4. The summed E-state index contributed by atoms with van der Waals surface area (Å²) in [5.41, 5.74) is 1.75. The molecule has 1 aromatic carbocycles. The molecular formula is C14H16N4O3. The third kappa shape index (κ3) is 3.44. The number of benzene rings is 1. The fraction of sp³-hybridized carbons (Fsp3) is 0.286. The van der Waals surface area contributed by atoms with Crippen molar-refractivity contribution in [3.05, 3.63) is 47.3 Å². The Labute approximate surface area is 121 Å². The van der Waals surface area contributed by atoms with Crippen LogP contribution in [0.5, 0.6) is 0 Å². The van der Waals surface area contributed by atoms with Gasteiger partial charge < -0.3 is 10.0 Å². The Morgan fingerprint density at radius 2 is 2.00 bits per heavy atom. The number of carboxylic acid groups (broad SMARTS) is 1. The van der Waals surface area contributed by atoms with Gasteiger partial charge in [0.1, 0.15) is 5.69 Å². The van der Waals surface area contributed by atoms with E-state index >= 15 is 0 Å². The van der Waals surface area contributed by atoms with Crippen molar-refractivity contribution >= 4 is 11.9 Å². The molecule has 0 saturated carbocycles. The molecule has 0 radical (unpaired) electrons. The first-order valence-corrected chi connectivity index (χ1v) is 6.44. The molecule has 7 heteroatoms. The number of rotatable bonds is 5. The van der Waals surface area contributed by atoms with Gasteiger partial charge in [-0.05, 0) is 24.6 Å². The highest BCUT2D eigenvalue weighted by Gasteiger charge is 2.20. The zero-order valence-corrected chi connectivity index (χ0v) is 11.8. The van der Waals surface area contributed by atoms with Crippen molar-refractivity contribution in [1.82, 2.24) is 20.3 Å². The second-order valence-electron chi connectivity index (χ2n) is 4.72. The first-order valence-electron chi connectivity index (χ1n) is 6.44. The zero-order valence-electron chi connectivity index (χ0n) is 11.8. The van der Waals surface area contributed by atoms with Crippen molar-refractivity contribution in [1.29, 1.82) is 0 Å². The van der Waals surface area contributed by atoms with E-state index < -0.39 is 5.97 Å². The SMILES string of the molecule is CC(=O)N(Cc1ccc(C(=O)O)cc1)C(C)c1cn[nH]n1. The average Bonchev–Trinajstić information content (AvgIpc) is 2.98. The van der Waals surface area contributed by atoms with Crippen LogP contribution >= 0.6 is 0 Å². The van der Waals surface area contributed by atoms with E-state index in [0.717, 1.165) is 5.56 Å². The van der Waals surface area contributed by atoms with Crippen LogP contribution in [0.15, 0.2) is 30.5 Å². The fourth-order valence-corrected chi connectivity index (χ4v) is 2.04. The molecule has 2 aromatic rings. The number of hydrogen-bond donors (Lipinski definition) is 2. The maximum absolute atomic E-state index is 11.8. The number of aromatic nitrogens is 3. The monoisotopic (exact) mass is 288 g/mol. The molecule has 2 rings (SSSR count). The van der Waals surface area contributed by atoms with Crippen molar-refractivity contribution in [2.45, 2.75) is 26.4 Å². The molecule has 1 heterocycles. The Kier molecular flexibility index (Phi) is 4.32. The molecule has 1 aromatic heterocycles. The van der Waals surface area contributed by atoms with Crippen molar-refractivity contribution < 1.29 is 14.7 Å². The van der Waals surface area contributed by atoms with Gasteiger partial charge in [0, 0.05) is 13.5 Å². The number of amides is 1. The molecule has 21 heavy (non-hydrogen) atoms. The highest BCUT2D eigenvalue weighted by Crippen LogP contribution is 2.20. The first kappa shape index (κ1) is 14.7. The summed E-state index contributed by atoms with van der Waals surface area (Å²) >= 11 is 0. The number of carbonyl (C=O) groups is 2. The van der Waals surface area contributed by atoms with Crippen LogP contribution in [0.2, 0.25) is 0 Å². The van der Waals surface area contributed by atoms with Gasteiger partial charge in [0.05, 0.1) is 17.8 Å². The van der Waals surface area contributed by atoms with Gasteiger partial charge in [-0.2, -0.15) is 15.4 Å². The summed E-state index contributed by atoms with van der Waals surface area (Å²) in [5.74, 6) is -1.06. The lowest BCUT2D eigenvalue weighted by Crippen LogP contribution is -2.31. The van der Waals surface area contributed by atoms with Crippen LogP contribution in [0, 0.1) is 0 Å². The predicted octanol–water partition coefficient (Wildman–Crippen LogP) is 1.61. The number of nitrogens with zero attached hydrogens (tertiary/aromatic N) is 3. The minimum absolute atomic E-state index is 0.0900. The molecule has 0 aliphatic rings. The molecular weight excluding hydrogens is 272 g/mol. The predicted molar refractivity (Wildman–Crippen MR) is 74.4 cm³/mol. The molecule has 0 spiro atoms. The summed E-state index contributed by atoms with van der Waals surface area (Å²) in [6.07, 6.45) is 1.58. The standard InChI is InChI=1S/C14H16N4O3/c1-9(13-7-15-17-16-13)18(10(2)19)8-11-3-5-12(6-4-11)14(20)21/h3-7,9H,8H2,1-2H3,(H,20,21)(H,15,16,17). The minimum Gasteiger partial charge on any atom is -0.478 e. The number of aromatic amines is 1. The largest absolute Gasteiger partial charge is 0.478 e. The number of aromatic carboxylic acids is 1. The van der Waals surface area contributed by atoms with E-state index in [1.807, 2.05) is 6.92 Å². The van der Waals surface area contributed by atoms with E-state index in [1.54, 1.807) is 23.2 Å². The molecule has 0 aliphatic heterocycles. The lowest BCUT2D eigenvalue weighted by Gasteiger charge is -2.26. The van der Waals surface area contributed by atoms with Crippen LogP contribution < -0.4 is 0 Å². The van der Waals surface area contributed by atoms with Crippen molar-refractivity contribution in [2.24, 2.45) is 0 Å². The molecule has 0 fully saturated rings. The molecule has 0 aliphatic carbocycles. The van der Waals surface area contributed by atoms with Gasteiger partial charge in [-0.3, -0.25) is 4.79 Å². The van der Waals surface area contributed by atoms with Crippen molar-refractivity contribution in [2.75, 3.05) is 0 Å². The molecule has 7 nitrogen and oxygen atoms in total. The number of hydrogen-bond acceptors (Lipinski definition) is 4. The van der Waals surface area contributed by atoms with Crippen molar-refractivity contribution in [3.8, 4) is 0 Å². The second-order valence-corrected chi connectivity index (χ2v) is 4.72. The summed E-state index contributed by atoms with van der Waals surface area (Å²) < 4.78 is 0. The van der Waals surface area contributed by atoms with Gasteiger partial charge in [0.15, 0.2) is 0 Å². The molecule has 1 amide bonds. The van der Waals surface area contributed by atoms with Crippen molar-refractivity contribution in [3.63, 3.8) is 0 Å². The topological polar surface area (TPSA) is 99.2 Å². The van der Waals surface area contributed by atoms with Gasteiger partial charge in [-0.1, -0.05) is 12.1 Å². The normalized spacial score (nSPS) is 11.9. The Hall–Kier alpha value is -2.70.